The Hall–Kier alpha value is -1.71. The van der Waals surface area contributed by atoms with E-state index >= 15 is 0 Å². The van der Waals surface area contributed by atoms with Crippen LogP contribution in [-0.2, 0) is 4.74 Å². The maximum absolute atomic E-state index is 12.0. The van der Waals surface area contributed by atoms with Crippen molar-refractivity contribution < 1.29 is 9.53 Å². The molecule has 2 N–H and O–H groups in total. The zero-order chi connectivity index (χ0) is 15.2. The van der Waals surface area contributed by atoms with Crippen LogP contribution >= 0.6 is 0 Å². The van der Waals surface area contributed by atoms with Crippen LogP contribution in [0.25, 0.3) is 0 Å². The van der Waals surface area contributed by atoms with Gasteiger partial charge in [0.25, 0.3) is 0 Å². The second-order valence-electron chi connectivity index (χ2n) is 5.81. The first-order valence-corrected chi connectivity index (χ1v) is 7.89. The third kappa shape index (κ3) is 3.69. The summed E-state index contributed by atoms with van der Waals surface area (Å²) in [4.78, 5) is 14.2. The van der Waals surface area contributed by atoms with Crippen LogP contribution in [0.5, 0.6) is 0 Å². The molecular formula is C17H26N2O2. The number of benzene rings is 1. The van der Waals surface area contributed by atoms with Crippen LogP contribution in [0.2, 0.25) is 0 Å². The van der Waals surface area contributed by atoms with Crippen LogP contribution in [0.4, 0.5) is 11.4 Å². The minimum Gasteiger partial charge on any atom is -0.465 e. The Balaban J connectivity index is 2.23. The Kier molecular flexibility index (Phi) is 5.48. The predicted molar refractivity (Wildman–Crippen MR) is 86.7 cm³/mol. The van der Waals surface area contributed by atoms with Crippen LogP contribution in [0, 0.1) is 5.92 Å². The van der Waals surface area contributed by atoms with Gasteiger partial charge in [0.1, 0.15) is 0 Å². The second kappa shape index (κ2) is 7.34. The molecule has 0 bridgehead atoms. The number of nitrogen functional groups attached to an aromatic ring is 1. The molecule has 4 nitrogen and oxygen atoms in total. The highest BCUT2D eigenvalue weighted by atomic mass is 16.5. The van der Waals surface area contributed by atoms with Crippen molar-refractivity contribution in [1.82, 2.24) is 0 Å². The molecule has 116 valence electrons. The van der Waals surface area contributed by atoms with Crippen molar-refractivity contribution in [2.24, 2.45) is 5.92 Å². The number of nitrogens with two attached hydrogens (primary N) is 1. The second-order valence-corrected chi connectivity index (χ2v) is 5.81. The largest absolute Gasteiger partial charge is 0.465 e. The van der Waals surface area contributed by atoms with E-state index in [1.807, 2.05) is 12.1 Å². The number of nitrogens with zero attached hydrogens (tertiary/aromatic N) is 1. The molecule has 0 aromatic heterocycles. The highest BCUT2D eigenvalue weighted by Gasteiger charge is 2.23. The molecule has 1 aromatic rings. The summed E-state index contributed by atoms with van der Waals surface area (Å²) in [5, 5.41) is 0. The van der Waals surface area contributed by atoms with E-state index in [0.29, 0.717) is 11.3 Å². The van der Waals surface area contributed by atoms with Gasteiger partial charge in [0.2, 0.25) is 0 Å². The van der Waals surface area contributed by atoms with Crippen LogP contribution in [0.15, 0.2) is 18.2 Å². The van der Waals surface area contributed by atoms with E-state index < -0.39 is 0 Å². The average Bonchev–Trinajstić information content (AvgIpc) is 2.72. The maximum Gasteiger partial charge on any atom is 0.340 e. The fourth-order valence-electron chi connectivity index (χ4n) is 3.27. The summed E-state index contributed by atoms with van der Waals surface area (Å²) >= 11 is 0. The number of hydrogen-bond donors (Lipinski definition) is 1. The standard InChI is InChI=1S/C17H26N2O2/c1-3-6-13-7-5-11-19(12-10-13)16-14(17(20)21-2)8-4-9-15(16)18/h4,8-9,13H,3,5-7,10-12,18H2,1-2H3. The molecule has 1 aliphatic rings. The van der Waals surface area contributed by atoms with E-state index in [4.69, 9.17) is 10.5 Å². The van der Waals surface area contributed by atoms with Crippen molar-refractivity contribution in [2.45, 2.75) is 39.0 Å². The van der Waals surface area contributed by atoms with E-state index in [1.54, 1.807) is 6.07 Å². The molecule has 1 fully saturated rings. The molecule has 1 saturated heterocycles. The zero-order valence-corrected chi connectivity index (χ0v) is 13.1. The van der Waals surface area contributed by atoms with Gasteiger partial charge in [-0.15, -0.1) is 0 Å². The summed E-state index contributed by atoms with van der Waals surface area (Å²) in [6.45, 7) is 4.16. The molecular weight excluding hydrogens is 264 g/mol. The molecule has 0 aliphatic carbocycles. The molecule has 1 aromatic carbocycles. The molecule has 1 atom stereocenters. The lowest BCUT2D eigenvalue weighted by molar-refractivity contribution is 0.0601. The first kappa shape index (κ1) is 15.7. The number of anilines is 2. The number of rotatable bonds is 4. The van der Waals surface area contributed by atoms with Gasteiger partial charge in [-0.25, -0.2) is 4.79 Å². The van der Waals surface area contributed by atoms with Crippen molar-refractivity contribution in [1.29, 1.82) is 0 Å². The minimum absolute atomic E-state index is 0.313. The van der Waals surface area contributed by atoms with E-state index in [1.165, 1.54) is 32.8 Å². The van der Waals surface area contributed by atoms with Crippen LogP contribution < -0.4 is 10.6 Å². The minimum atomic E-state index is -0.313. The summed E-state index contributed by atoms with van der Waals surface area (Å²) in [5.74, 6) is 0.484. The third-order valence-corrected chi connectivity index (χ3v) is 4.33. The lowest BCUT2D eigenvalue weighted by Gasteiger charge is -2.26. The summed E-state index contributed by atoms with van der Waals surface area (Å²) in [7, 11) is 1.41. The van der Waals surface area contributed by atoms with Gasteiger partial charge in [-0.3, -0.25) is 0 Å². The number of carbonyl (C=O) groups excluding carboxylic acids is 1. The Morgan fingerprint density at radius 3 is 2.90 bits per heavy atom. The average molecular weight is 290 g/mol. The number of methoxy groups -OCH3 is 1. The first-order valence-electron chi connectivity index (χ1n) is 7.89. The normalized spacial score (nSPS) is 19.1. The van der Waals surface area contributed by atoms with E-state index in [0.717, 1.165) is 31.1 Å². The number of hydrogen-bond acceptors (Lipinski definition) is 4. The lowest BCUT2D eigenvalue weighted by atomic mass is 9.96. The van der Waals surface area contributed by atoms with E-state index in [2.05, 4.69) is 11.8 Å². The zero-order valence-electron chi connectivity index (χ0n) is 13.1. The molecule has 0 saturated carbocycles. The monoisotopic (exact) mass is 290 g/mol. The van der Waals surface area contributed by atoms with Crippen LogP contribution in [-0.4, -0.2) is 26.2 Å². The summed E-state index contributed by atoms with van der Waals surface area (Å²) in [6.07, 6.45) is 6.13. The Labute approximate surface area is 127 Å². The molecule has 2 rings (SSSR count). The number of carbonyl (C=O) groups is 1. The highest BCUT2D eigenvalue weighted by Crippen LogP contribution is 2.32. The maximum atomic E-state index is 12.0. The van der Waals surface area contributed by atoms with E-state index in [9.17, 15) is 4.79 Å². The molecule has 21 heavy (non-hydrogen) atoms. The van der Waals surface area contributed by atoms with Gasteiger partial charge in [0.15, 0.2) is 0 Å². The van der Waals surface area contributed by atoms with Gasteiger partial charge in [0, 0.05) is 13.1 Å². The molecule has 1 aliphatic heterocycles. The van der Waals surface area contributed by atoms with Gasteiger partial charge in [-0.1, -0.05) is 25.8 Å². The van der Waals surface area contributed by atoms with Gasteiger partial charge in [0.05, 0.1) is 24.0 Å². The van der Waals surface area contributed by atoms with Gasteiger partial charge >= 0.3 is 5.97 Å². The SMILES string of the molecule is CCCC1CCCN(c2c(N)cccc2C(=O)OC)CC1. The summed E-state index contributed by atoms with van der Waals surface area (Å²) in [5.41, 5.74) is 8.22. The molecule has 0 radical (unpaired) electrons. The van der Waals surface area contributed by atoms with Crippen molar-refractivity contribution >= 4 is 17.3 Å². The molecule has 0 amide bonds. The Morgan fingerprint density at radius 1 is 1.38 bits per heavy atom. The Morgan fingerprint density at radius 2 is 2.19 bits per heavy atom. The quantitative estimate of drug-likeness (QED) is 0.681. The molecule has 1 heterocycles. The predicted octanol–water partition coefficient (Wildman–Crippen LogP) is 3.46. The number of esters is 1. The van der Waals surface area contributed by atoms with Crippen molar-refractivity contribution in [3.8, 4) is 0 Å². The number of para-hydroxylation sites is 1. The van der Waals surface area contributed by atoms with E-state index in [-0.39, 0.29) is 5.97 Å². The van der Waals surface area contributed by atoms with Crippen LogP contribution in [0.1, 0.15) is 49.4 Å². The smallest absolute Gasteiger partial charge is 0.340 e. The Bertz CT molecular complexity index is 488. The fourth-order valence-corrected chi connectivity index (χ4v) is 3.27. The molecule has 0 spiro atoms. The van der Waals surface area contributed by atoms with Crippen LogP contribution in [0.3, 0.4) is 0 Å². The molecule has 1 unspecified atom stereocenters. The molecule has 4 heteroatoms. The first-order chi connectivity index (χ1) is 10.2. The van der Waals surface area contributed by atoms with Gasteiger partial charge in [-0.2, -0.15) is 0 Å². The van der Waals surface area contributed by atoms with Crippen molar-refractivity contribution in [3.05, 3.63) is 23.8 Å². The summed E-state index contributed by atoms with van der Waals surface area (Å²) < 4.78 is 4.89. The topological polar surface area (TPSA) is 55.6 Å². The fraction of sp³-hybridized carbons (Fsp3) is 0.588. The number of ether oxygens (including phenoxy) is 1. The van der Waals surface area contributed by atoms with Crippen molar-refractivity contribution in [3.63, 3.8) is 0 Å². The lowest BCUT2D eigenvalue weighted by Crippen LogP contribution is -2.27. The van der Waals surface area contributed by atoms with Gasteiger partial charge in [-0.05, 0) is 37.3 Å². The van der Waals surface area contributed by atoms with Crippen molar-refractivity contribution in [2.75, 3.05) is 30.8 Å². The van der Waals surface area contributed by atoms with Gasteiger partial charge < -0.3 is 15.4 Å². The summed E-state index contributed by atoms with van der Waals surface area (Å²) in [6, 6.07) is 5.46. The highest BCUT2D eigenvalue weighted by molar-refractivity contribution is 5.99. The third-order valence-electron chi connectivity index (χ3n) is 4.33.